The van der Waals surface area contributed by atoms with Crippen LogP contribution in [0.1, 0.15) is 42.9 Å². The molecule has 2 fully saturated rings. The molecule has 1 unspecified atom stereocenters. The fraction of sp³-hybridized carbons (Fsp3) is 0.462. The zero-order valence-corrected chi connectivity index (χ0v) is 19.3. The second-order valence-corrected chi connectivity index (χ2v) is 8.84. The van der Waals surface area contributed by atoms with Crippen molar-refractivity contribution < 1.29 is 4.79 Å². The Morgan fingerprint density at radius 3 is 2.50 bits per heavy atom. The molecule has 32 heavy (non-hydrogen) atoms. The minimum Gasteiger partial charge on any atom is -0.369 e. The van der Waals surface area contributed by atoms with Crippen LogP contribution in [-0.4, -0.2) is 49.0 Å². The zero-order chi connectivity index (χ0) is 22.3. The monoisotopic (exact) mass is 433 g/mol. The normalized spacial score (nSPS) is 19.0. The van der Waals surface area contributed by atoms with Gasteiger partial charge < -0.3 is 20.4 Å². The summed E-state index contributed by atoms with van der Waals surface area (Å²) < 4.78 is 0. The minimum absolute atomic E-state index is 0.271. The number of carbonyl (C=O) groups is 1. The van der Waals surface area contributed by atoms with Crippen molar-refractivity contribution in [1.29, 1.82) is 0 Å². The summed E-state index contributed by atoms with van der Waals surface area (Å²) >= 11 is 0. The van der Waals surface area contributed by atoms with E-state index in [4.69, 9.17) is 4.99 Å². The number of nitrogens with one attached hydrogen (secondary N) is 2. The molecule has 2 aromatic rings. The van der Waals surface area contributed by atoms with Crippen LogP contribution in [0.2, 0.25) is 0 Å². The SMILES string of the molecule is CCNC(=NCc1ccc(CN2CCCC2=O)cc1)NC1CCN(c2ccc(C)cc2)C1. The average Bonchev–Trinajstić information content (AvgIpc) is 3.43. The molecule has 2 aliphatic rings. The second kappa shape index (κ2) is 10.5. The lowest BCUT2D eigenvalue weighted by Gasteiger charge is -2.20. The summed E-state index contributed by atoms with van der Waals surface area (Å²) in [6.45, 7) is 9.32. The second-order valence-electron chi connectivity index (χ2n) is 8.84. The van der Waals surface area contributed by atoms with Gasteiger partial charge in [0.1, 0.15) is 0 Å². The number of nitrogens with zero attached hydrogens (tertiary/aromatic N) is 3. The van der Waals surface area contributed by atoms with E-state index in [-0.39, 0.29) is 5.91 Å². The Morgan fingerprint density at radius 2 is 1.81 bits per heavy atom. The van der Waals surface area contributed by atoms with Crippen LogP contribution in [0.3, 0.4) is 0 Å². The van der Waals surface area contributed by atoms with Crippen molar-refractivity contribution in [2.24, 2.45) is 4.99 Å². The lowest BCUT2D eigenvalue weighted by atomic mass is 10.1. The molecule has 0 aromatic heterocycles. The predicted octanol–water partition coefficient (Wildman–Crippen LogP) is 3.45. The number of guanidine groups is 1. The van der Waals surface area contributed by atoms with Gasteiger partial charge in [-0.2, -0.15) is 0 Å². The summed E-state index contributed by atoms with van der Waals surface area (Å²) in [7, 11) is 0. The van der Waals surface area contributed by atoms with Gasteiger partial charge in [-0.3, -0.25) is 4.79 Å². The highest BCUT2D eigenvalue weighted by atomic mass is 16.2. The number of rotatable bonds is 7. The van der Waals surface area contributed by atoms with Gasteiger partial charge in [0.05, 0.1) is 6.54 Å². The van der Waals surface area contributed by atoms with E-state index in [0.29, 0.717) is 25.6 Å². The van der Waals surface area contributed by atoms with Gasteiger partial charge >= 0.3 is 0 Å². The number of aryl methyl sites for hydroxylation is 1. The highest BCUT2D eigenvalue weighted by Crippen LogP contribution is 2.21. The molecule has 170 valence electrons. The number of anilines is 1. The summed E-state index contributed by atoms with van der Waals surface area (Å²) in [5.74, 6) is 1.14. The smallest absolute Gasteiger partial charge is 0.222 e. The maximum absolute atomic E-state index is 11.8. The third kappa shape index (κ3) is 5.81. The molecule has 6 nitrogen and oxygen atoms in total. The summed E-state index contributed by atoms with van der Waals surface area (Å²) in [5, 5.41) is 7.00. The van der Waals surface area contributed by atoms with Crippen LogP contribution < -0.4 is 15.5 Å². The van der Waals surface area contributed by atoms with Crippen LogP contribution in [0.5, 0.6) is 0 Å². The Bertz CT molecular complexity index is 922. The minimum atomic E-state index is 0.271. The van der Waals surface area contributed by atoms with E-state index in [1.807, 2.05) is 4.90 Å². The Labute approximate surface area is 191 Å². The van der Waals surface area contributed by atoms with Gasteiger partial charge in [0, 0.05) is 50.9 Å². The number of amides is 1. The fourth-order valence-electron chi connectivity index (χ4n) is 4.39. The lowest BCUT2D eigenvalue weighted by molar-refractivity contribution is -0.128. The molecule has 2 saturated heterocycles. The van der Waals surface area contributed by atoms with Crippen molar-refractivity contribution in [2.75, 3.05) is 31.1 Å². The highest BCUT2D eigenvalue weighted by Gasteiger charge is 2.23. The van der Waals surface area contributed by atoms with Gasteiger partial charge in [0.25, 0.3) is 0 Å². The lowest BCUT2D eigenvalue weighted by Crippen LogP contribution is -2.44. The fourth-order valence-corrected chi connectivity index (χ4v) is 4.39. The van der Waals surface area contributed by atoms with Crippen molar-refractivity contribution in [2.45, 2.75) is 52.2 Å². The molecule has 0 spiro atoms. The van der Waals surface area contributed by atoms with E-state index in [1.54, 1.807) is 0 Å². The van der Waals surface area contributed by atoms with Crippen molar-refractivity contribution in [1.82, 2.24) is 15.5 Å². The first-order valence-corrected chi connectivity index (χ1v) is 11.8. The number of hydrogen-bond donors (Lipinski definition) is 2. The van der Waals surface area contributed by atoms with Crippen molar-refractivity contribution in [3.63, 3.8) is 0 Å². The van der Waals surface area contributed by atoms with Crippen LogP contribution in [0.4, 0.5) is 5.69 Å². The van der Waals surface area contributed by atoms with E-state index in [9.17, 15) is 4.79 Å². The molecule has 4 rings (SSSR count). The third-order valence-electron chi connectivity index (χ3n) is 6.26. The maximum atomic E-state index is 11.8. The standard InChI is InChI=1S/C26H35N5O/c1-3-27-26(29-23-14-16-30(19-23)24-12-6-20(2)7-13-24)28-17-21-8-10-22(11-9-21)18-31-15-4-5-25(31)32/h6-13,23H,3-5,14-19H2,1-2H3,(H2,27,28,29). The van der Waals surface area contributed by atoms with E-state index in [2.05, 4.69) is 77.9 Å². The van der Waals surface area contributed by atoms with Crippen LogP contribution in [0.15, 0.2) is 53.5 Å². The molecule has 1 atom stereocenters. The van der Waals surface area contributed by atoms with Crippen LogP contribution in [0, 0.1) is 6.92 Å². The van der Waals surface area contributed by atoms with Gasteiger partial charge in [-0.05, 0) is 49.9 Å². The van der Waals surface area contributed by atoms with Gasteiger partial charge in [0.2, 0.25) is 5.91 Å². The summed E-state index contributed by atoms with van der Waals surface area (Å²) in [4.78, 5) is 21.0. The van der Waals surface area contributed by atoms with Crippen LogP contribution in [0.25, 0.3) is 0 Å². The Balaban J connectivity index is 1.31. The molecule has 0 saturated carbocycles. The summed E-state index contributed by atoms with van der Waals surface area (Å²) in [6.07, 6.45) is 2.77. The van der Waals surface area contributed by atoms with E-state index in [1.165, 1.54) is 22.4 Å². The Morgan fingerprint density at radius 1 is 1.06 bits per heavy atom. The van der Waals surface area contributed by atoms with Crippen LogP contribution >= 0.6 is 0 Å². The van der Waals surface area contributed by atoms with Crippen molar-refractivity contribution >= 4 is 17.6 Å². The maximum Gasteiger partial charge on any atom is 0.222 e. The molecule has 2 aromatic carbocycles. The highest BCUT2D eigenvalue weighted by molar-refractivity contribution is 5.80. The van der Waals surface area contributed by atoms with Crippen molar-refractivity contribution in [3.8, 4) is 0 Å². The Kier molecular flexibility index (Phi) is 7.30. The first-order chi connectivity index (χ1) is 15.6. The molecule has 2 heterocycles. The van der Waals surface area contributed by atoms with Gasteiger partial charge in [-0.15, -0.1) is 0 Å². The van der Waals surface area contributed by atoms with Crippen molar-refractivity contribution in [3.05, 3.63) is 65.2 Å². The molecular weight excluding hydrogens is 398 g/mol. The molecule has 2 N–H and O–H groups in total. The van der Waals surface area contributed by atoms with Gasteiger partial charge in [-0.25, -0.2) is 4.99 Å². The first-order valence-electron chi connectivity index (χ1n) is 11.8. The molecule has 0 bridgehead atoms. The predicted molar refractivity (Wildman–Crippen MR) is 131 cm³/mol. The summed E-state index contributed by atoms with van der Waals surface area (Å²) in [6, 6.07) is 17.6. The number of aliphatic imine (C=N–C) groups is 1. The summed E-state index contributed by atoms with van der Waals surface area (Å²) in [5.41, 5.74) is 4.94. The average molecular weight is 434 g/mol. The van der Waals surface area contributed by atoms with E-state index < -0.39 is 0 Å². The number of benzene rings is 2. The number of carbonyl (C=O) groups excluding carboxylic acids is 1. The molecular formula is C26H35N5O. The zero-order valence-electron chi connectivity index (χ0n) is 19.3. The first kappa shape index (κ1) is 22.2. The topological polar surface area (TPSA) is 60.0 Å². The quantitative estimate of drug-likeness (QED) is 0.519. The van der Waals surface area contributed by atoms with E-state index >= 15 is 0 Å². The number of hydrogen-bond acceptors (Lipinski definition) is 3. The largest absolute Gasteiger partial charge is 0.369 e. The molecule has 6 heteroatoms. The molecule has 1 amide bonds. The molecule has 0 aliphatic carbocycles. The van der Waals surface area contributed by atoms with Crippen LogP contribution in [-0.2, 0) is 17.9 Å². The van der Waals surface area contributed by atoms with Gasteiger partial charge in [-0.1, -0.05) is 42.0 Å². The number of likely N-dealkylation sites (tertiary alicyclic amines) is 1. The molecule has 2 aliphatic heterocycles. The molecule has 0 radical (unpaired) electrons. The Hall–Kier alpha value is -3.02. The van der Waals surface area contributed by atoms with Gasteiger partial charge in [0.15, 0.2) is 5.96 Å². The third-order valence-corrected chi connectivity index (χ3v) is 6.26. The van der Waals surface area contributed by atoms with E-state index in [0.717, 1.165) is 45.0 Å².